The maximum absolute atomic E-state index is 13.4. The second-order valence-electron chi connectivity index (χ2n) is 7.04. The van der Waals surface area contributed by atoms with Crippen molar-refractivity contribution in [3.8, 4) is 11.5 Å². The molecule has 0 spiro atoms. The molecule has 0 saturated carbocycles. The standard InChI is InChI=1S/C18H19ClN2O8S2/c1-11-2-4-12(5-3-11)31(28,29)21-15(13-8-14(19)17(23)9-16(13)22)6-7-20(18(21)24)10-30(25,26)27/h2-5,8-9,15,22-23H,6-7,10H2,1H3,(H,25,26,27). The minimum absolute atomic E-state index is 0.0432. The number of urea groups is 1. The molecule has 13 heteroatoms. The number of carbonyl (C=O) groups is 1. The van der Waals surface area contributed by atoms with Gasteiger partial charge in [-0.25, -0.2) is 17.5 Å². The predicted molar refractivity (Wildman–Crippen MR) is 111 cm³/mol. The van der Waals surface area contributed by atoms with Gasteiger partial charge in [0, 0.05) is 18.2 Å². The van der Waals surface area contributed by atoms with E-state index in [-0.39, 0.29) is 28.4 Å². The fourth-order valence-corrected chi connectivity index (χ4v) is 5.68. The molecule has 1 unspecified atom stereocenters. The van der Waals surface area contributed by atoms with Crippen LogP contribution >= 0.6 is 11.6 Å². The molecule has 1 heterocycles. The van der Waals surface area contributed by atoms with Crippen LogP contribution in [0.15, 0.2) is 41.3 Å². The number of halogens is 1. The Morgan fingerprint density at radius 3 is 2.26 bits per heavy atom. The summed E-state index contributed by atoms with van der Waals surface area (Å²) >= 11 is 5.92. The highest BCUT2D eigenvalue weighted by Gasteiger charge is 2.44. The van der Waals surface area contributed by atoms with Crippen molar-refractivity contribution in [2.75, 3.05) is 12.4 Å². The molecule has 0 aromatic heterocycles. The molecule has 168 valence electrons. The molecule has 1 fully saturated rings. The van der Waals surface area contributed by atoms with E-state index in [0.29, 0.717) is 9.21 Å². The fraction of sp³-hybridized carbons (Fsp3) is 0.278. The number of sulfonamides is 1. The summed E-state index contributed by atoms with van der Waals surface area (Å²) in [6.45, 7) is 1.52. The van der Waals surface area contributed by atoms with Crippen molar-refractivity contribution in [2.24, 2.45) is 0 Å². The van der Waals surface area contributed by atoms with Crippen LogP contribution in [0.1, 0.15) is 23.6 Å². The van der Waals surface area contributed by atoms with Crippen molar-refractivity contribution in [3.05, 3.63) is 52.5 Å². The van der Waals surface area contributed by atoms with Crippen molar-refractivity contribution in [1.29, 1.82) is 0 Å². The van der Waals surface area contributed by atoms with Gasteiger partial charge in [0.05, 0.1) is 16.0 Å². The quantitative estimate of drug-likeness (QED) is 0.540. The molecule has 10 nitrogen and oxygen atoms in total. The highest BCUT2D eigenvalue weighted by Crippen LogP contribution is 2.42. The number of nitrogens with zero attached hydrogens (tertiary/aromatic N) is 2. The van der Waals surface area contributed by atoms with Gasteiger partial charge < -0.3 is 15.1 Å². The maximum atomic E-state index is 13.4. The van der Waals surface area contributed by atoms with Crippen LogP contribution in [0.25, 0.3) is 0 Å². The van der Waals surface area contributed by atoms with Crippen LogP contribution < -0.4 is 0 Å². The molecule has 1 aliphatic rings. The molecule has 2 amide bonds. The first-order valence-corrected chi connectivity index (χ1v) is 12.3. The number of phenolic OH excluding ortho intramolecular Hbond substituents is 2. The molecular weight excluding hydrogens is 472 g/mol. The van der Waals surface area contributed by atoms with E-state index >= 15 is 0 Å². The number of amides is 2. The van der Waals surface area contributed by atoms with Crippen LogP contribution in [0.4, 0.5) is 4.79 Å². The Kier molecular flexibility index (Phi) is 6.11. The third kappa shape index (κ3) is 4.71. The number of phenols is 2. The second-order valence-corrected chi connectivity index (χ2v) is 10.7. The molecule has 1 atom stereocenters. The van der Waals surface area contributed by atoms with Crippen molar-refractivity contribution in [2.45, 2.75) is 24.3 Å². The minimum Gasteiger partial charge on any atom is -0.507 e. The van der Waals surface area contributed by atoms with E-state index in [1.165, 1.54) is 24.3 Å². The Bertz CT molecular complexity index is 1230. The van der Waals surface area contributed by atoms with Crippen molar-refractivity contribution in [1.82, 2.24) is 9.21 Å². The SMILES string of the molecule is Cc1ccc(S(=O)(=O)N2C(=O)N(CS(=O)(=O)O)CCC2c2cc(Cl)c(O)cc2O)cc1. The van der Waals surface area contributed by atoms with Gasteiger partial charge in [-0.1, -0.05) is 29.3 Å². The lowest BCUT2D eigenvalue weighted by Crippen LogP contribution is -2.54. The third-order valence-electron chi connectivity index (χ3n) is 4.77. The van der Waals surface area contributed by atoms with E-state index in [1.54, 1.807) is 6.92 Å². The summed E-state index contributed by atoms with van der Waals surface area (Å²) in [6, 6.07) is 5.26. The number of carbonyl (C=O) groups excluding carboxylic acids is 1. The molecule has 3 rings (SSSR count). The molecule has 0 radical (unpaired) electrons. The summed E-state index contributed by atoms with van der Waals surface area (Å²) in [5.41, 5.74) is 0.731. The predicted octanol–water partition coefficient (Wildman–Crippen LogP) is 2.46. The van der Waals surface area contributed by atoms with Crippen LogP contribution in [0.3, 0.4) is 0 Å². The molecule has 2 aromatic carbocycles. The Labute approximate surface area is 184 Å². The normalized spacial score (nSPS) is 17.8. The zero-order chi connectivity index (χ0) is 23.1. The van der Waals surface area contributed by atoms with E-state index in [1.807, 2.05) is 0 Å². The molecule has 1 saturated heterocycles. The smallest absolute Gasteiger partial charge is 0.335 e. The van der Waals surface area contributed by atoms with Gasteiger partial charge in [-0.15, -0.1) is 0 Å². The zero-order valence-corrected chi connectivity index (χ0v) is 18.5. The Morgan fingerprint density at radius 2 is 1.68 bits per heavy atom. The number of aromatic hydroxyl groups is 2. The summed E-state index contributed by atoms with van der Waals surface area (Å²) in [4.78, 5) is 13.5. The number of rotatable bonds is 5. The van der Waals surface area contributed by atoms with Crippen LogP contribution in [-0.2, 0) is 20.1 Å². The lowest BCUT2D eigenvalue weighted by molar-refractivity contribution is 0.144. The van der Waals surface area contributed by atoms with Crippen molar-refractivity contribution < 1.29 is 36.4 Å². The zero-order valence-electron chi connectivity index (χ0n) is 16.1. The molecule has 0 bridgehead atoms. The molecule has 1 aliphatic heterocycles. The van der Waals surface area contributed by atoms with Crippen LogP contribution in [0.2, 0.25) is 5.02 Å². The summed E-state index contributed by atoms with van der Waals surface area (Å²) in [5, 5.41) is 19.8. The van der Waals surface area contributed by atoms with Crippen LogP contribution in [0, 0.1) is 6.92 Å². The molecule has 0 aliphatic carbocycles. The fourth-order valence-electron chi connectivity index (χ4n) is 3.29. The van der Waals surface area contributed by atoms with E-state index in [9.17, 15) is 31.8 Å². The van der Waals surface area contributed by atoms with Crippen molar-refractivity contribution >= 4 is 37.8 Å². The second kappa shape index (κ2) is 8.19. The lowest BCUT2D eigenvalue weighted by Gasteiger charge is -2.40. The van der Waals surface area contributed by atoms with E-state index in [2.05, 4.69) is 0 Å². The number of hydrogen-bond donors (Lipinski definition) is 3. The first kappa shape index (κ1) is 23.1. The number of aryl methyl sites for hydroxylation is 1. The van der Waals surface area contributed by atoms with Gasteiger partial charge >= 0.3 is 6.03 Å². The summed E-state index contributed by atoms with van der Waals surface area (Å²) in [5.74, 6) is -2.03. The minimum atomic E-state index is -4.62. The van der Waals surface area contributed by atoms with Crippen LogP contribution in [-0.4, -0.2) is 59.3 Å². The van der Waals surface area contributed by atoms with Gasteiger partial charge in [-0.2, -0.15) is 8.42 Å². The maximum Gasteiger partial charge on any atom is 0.335 e. The first-order chi connectivity index (χ1) is 14.3. The average Bonchev–Trinajstić information content (AvgIpc) is 2.65. The average molecular weight is 491 g/mol. The summed E-state index contributed by atoms with van der Waals surface area (Å²) < 4.78 is 58.9. The number of hydrogen-bond acceptors (Lipinski definition) is 7. The van der Waals surface area contributed by atoms with Gasteiger partial charge in [0.25, 0.3) is 20.1 Å². The van der Waals surface area contributed by atoms with E-state index < -0.39 is 49.6 Å². The number of benzene rings is 2. The molecule has 2 aromatic rings. The van der Waals surface area contributed by atoms with Gasteiger partial charge in [0.15, 0.2) is 0 Å². The molecular formula is C18H19ClN2O8S2. The lowest BCUT2D eigenvalue weighted by atomic mass is 10.0. The van der Waals surface area contributed by atoms with E-state index in [4.69, 9.17) is 16.2 Å². The Balaban J connectivity index is 2.15. The highest BCUT2D eigenvalue weighted by atomic mass is 35.5. The Morgan fingerprint density at radius 1 is 1.06 bits per heavy atom. The van der Waals surface area contributed by atoms with Gasteiger partial charge in [-0.05, 0) is 31.5 Å². The Hall–Kier alpha value is -2.54. The third-order valence-corrected chi connectivity index (χ3v) is 7.50. The van der Waals surface area contributed by atoms with Gasteiger partial charge in [-0.3, -0.25) is 4.55 Å². The first-order valence-electron chi connectivity index (χ1n) is 8.88. The summed E-state index contributed by atoms with van der Waals surface area (Å²) in [7, 11) is -9.12. The van der Waals surface area contributed by atoms with Gasteiger partial charge in [0.2, 0.25) is 0 Å². The summed E-state index contributed by atoms with van der Waals surface area (Å²) in [6.07, 6.45) is -0.110. The topological polar surface area (TPSA) is 153 Å². The molecule has 3 N–H and O–H groups in total. The van der Waals surface area contributed by atoms with Crippen molar-refractivity contribution in [3.63, 3.8) is 0 Å². The van der Waals surface area contributed by atoms with E-state index in [0.717, 1.165) is 17.7 Å². The van der Waals surface area contributed by atoms with Gasteiger partial charge in [0.1, 0.15) is 17.4 Å². The monoisotopic (exact) mass is 490 g/mol. The highest BCUT2D eigenvalue weighted by molar-refractivity contribution is 7.89. The van der Waals surface area contributed by atoms with Crippen LogP contribution in [0.5, 0.6) is 11.5 Å². The molecule has 31 heavy (non-hydrogen) atoms. The largest absolute Gasteiger partial charge is 0.507 e.